The molecule has 1 N–H and O–H groups in total. The van der Waals surface area contributed by atoms with Crippen molar-refractivity contribution in [1.29, 1.82) is 0 Å². The van der Waals surface area contributed by atoms with Gasteiger partial charge in [0, 0.05) is 25.3 Å². The maximum absolute atomic E-state index is 12.8. The summed E-state index contributed by atoms with van der Waals surface area (Å²) in [5, 5.41) is 7.05. The van der Waals surface area contributed by atoms with Crippen molar-refractivity contribution in [1.82, 2.24) is 14.7 Å². The van der Waals surface area contributed by atoms with Gasteiger partial charge in [0.25, 0.3) is 11.8 Å². The van der Waals surface area contributed by atoms with Crippen LogP contribution < -0.4 is 5.32 Å². The standard InChI is InChI=1S/C22H24N4O4/c1-2-25(14-20-4-3-10-30-20)22(28)16-5-7-19(8-6-16)26-13-18(12-23-26)24-21(27)17-9-11-29-15-17/h5-9,11-13,15,20H,2-4,10,14H2,1H3,(H,24,27)/t20-/m0/s1. The van der Waals surface area contributed by atoms with Crippen LogP contribution in [0, 0.1) is 0 Å². The molecule has 1 fully saturated rings. The van der Waals surface area contributed by atoms with Crippen molar-refractivity contribution in [3.8, 4) is 5.69 Å². The fourth-order valence-corrected chi connectivity index (χ4v) is 3.45. The summed E-state index contributed by atoms with van der Waals surface area (Å²) >= 11 is 0. The summed E-state index contributed by atoms with van der Waals surface area (Å²) in [5.74, 6) is -0.275. The zero-order chi connectivity index (χ0) is 20.9. The summed E-state index contributed by atoms with van der Waals surface area (Å²) in [6.07, 6.45) is 8.30. The Balaban J connectivity index is 1.41. The monoisotopic (exact) mass is 408 g/mol. The number of amides is 2. The summed E-state index contributed by atoms with van der Waals surface area (Å²) in [4.78, 5) is 26.8. The second-order valence-corrected chi connectivity index (χ2v) is 7.17. The van der Waals surface area contributed by atoms with Crippen LogP contribution in [-0.2, 0) is 4.74 Å². The lowest BCUT2D eigenvalue weighted by Gasteiger charge is -2.24. The number of anilines is 1. The van der Waals surface area contributed by atoms with Crippen molar-refractivity contribution in [3.63, 3.8) is 0 Å². The SMILES string of the molecule is CCN(C[C@@H]1CCCO1)C(=O)c1ccc(-n2cc(NC(=O)c3ccoc3)cn2)cc1. The molecule has 0 aliphatic carbocycles. The molecule has 30 heavy (non-hydrogen) atoms. The minimum absolute atomic E-state index is 0.00641. The number of hydrogen-bond acceptors (Lipinski definition) is 5. The molecule has 156 valence electrons. The molecule has 1 saturated heterocycles. The number of nitrogens with zero attached hydrogens (tertiary/aromatic N) is 3. The average molecular weight is 408 g/mol. The third kappa shape index (κ3) is 4.44. The summed E-state index contributed by atoms with van der Waals surface area (Å²) in [6, 6.07) is 8.85. The van der Waals surface area contributed by atoms with Crippen LogP contribution in [0.15, 0.2) is 59.7 Å². The van der Waals surface area contributed by atoms with Crippen LogP contribution in [-0.4, -0.2) is 52.3 Å². The van der Waals surface area contributed by atoms with E-state index in [1.807, 2.05) is 24.0 Å². The second-order valence-electron chi connectivity index (χ2n) is 7.17. The van der Waals surface area contributed by atoms with Crippen molar-refractivity contribution in [2.75, 3.05) is 25.0 Å². The maximum atomic E-state index is 12.8. The predicted molar refractivity (Wildman–Crippen MR) is 111 cm³/mol. The lowest BCUT2D eigenvalue weighted by molar-refractivity contribution is 0.0539. The highest BCUT2D eigenvalue weighted by molar-refractivity contribution is 6.03. The highest BCUT2D eigenvalue weighted by Crippen LogP contribution is 2.17. The fraction of sp³-hybridized carbons (Fsp3) is 0.318. The number of hydrogen-bond donors (Lipinski definition) is 1. The topological polar surface area (TPSA) is 89.6 Å². The van der Waals surface area contributed by atoms with Crippen molar-refractivity contribution in [3.05, 3.63) is 66.4 Å². The van der Waals surface area contributed by atoms with E-state index in [0.29, 0.717) is 29.9 Å². The van der Waals surface area contributed by atoms with Crippen LogP contribution in [0.25, 0.3) is 5.69 Å². The van der Waals surface area contributed by atoms with Gasteiger partial charge in [0.15, 0.2) is 0 Å². The Kier molecular flexibility index (Phi) is 5.94. The maximum Gasteiger partial charge on any atom is 0.259 e. The van der Waals surface area contributed by atoms with E-state index in [1.54, 1.807) is 35.3 Å². The van der Waals surface area contributed by atoms with Crippen LogP contribution in [0.5, 0.6) is 0 Å². The van der Waals surface area contributed by atoms with E-state index in [1.165, 1.54) is 12.5 Å². The smallest absolute Gasteiger partial charge is 0.259 e. The van der Waals surface area contributed by atoms with E-state index in [9.17, 15) is 9.59 Å². The highest BCUT2D eigenvalue weighted by atomic mass is 16.5. The molecule has 2 aromatic heterocycles. The third-order valence-corrected chi connectivity index (χ3v) is 5.12. The molecule has 1 aromatic carbocycles. The number of nitrogens with one attached hydrogen (secondary N) is 1. The summed E-state index contributed by atoms with van der Waals surface area (Å²) in [6.45, 7) is 4.01. The van der Waals surface area contributed by atoms with Crippen LogP contribution in [0.2, 0.25) is 0 Å². The van der Waals surface area contributed by atoms with Gasteiger partial charge in [0.1, 0.15) is 6.26 Å². The van der Waals surface area contributed by atoms with Crippen molar-refractivity contribution in [2.24, 2.45) is 0 Å². The first kappa shape index (κ1) is 19.9. The van der Waals surface area contributed by atoms with Gasteiger partial charge in [0.2, 0.25) is 0 Å². The zero-order valence-corrected chi connectivity index (χ0v) is 16.8. The Labute approximate surface area is 174 Å². The number of carbonyl (C=O) groups excluding carboxylic acids is 2. The number of carbonyl (C=O) groups is 2. The van der Waals surface area contributed by atoms with E-state index in [-0.39, 0.29) is 17.9 Å². The van der Waals surface area contributed by atoms with Crippen molar-refractivity contribution in [2.45, 2.75) is 25.9 Å². The van der Waals surface area contributed by atoms with Gasteiger partial charge in [-0.15, -0.1) is 0 Å². The highest BCUT2D eigenvalue weighted by Gasteiger charge is 2.22. The van der Waals surface area contributed by atoms with Gasteiger partial charge in [-0.2, -0.15) is 5.10 Å². The van der Waals surface area contributed by atoms with E-state index < -0.39 is 0 Å². The first-order valence-electron chi connectivity index (χ1n) is 10.0. The molecule has 1 aliphatic rings. The molecule has 8 nitrogen and oxygen atoms in total. The van der Waals surface area contributed by atoms with Gasteiger partial charge in [-0.05, 0) is 50.1 Å². The van der Waals surface area contributed by atoms with E-state index in [4.69, 9.17) is 9.15 Å². The number of furan rings is 1. The minimum Gasteiger partial charge on any atom is -0.472 e. The quantitative estimate of drug-likeness (QED) is 0.647. The first-order chi connectivity index (χ1) is 14.6. The average Bonchev–Trinajstić information content (AvgIpc) is 3.54. The molecular formula is C22H24N4O4. The normalized spacial score (nSPS) is 15.8. The Hall–Kier alpha value is -3.39. The third-order valence-electron chi connectivity index (χ3n) is 5.12. The second kappa shape index (κ2) is 8.96. The largest absolute Gasteiger partial charge is 0.472 e. The van der Waals surface area contributed by atoms with Crippen LogP contribution in [0.1, 0.15) is 40.5 Å². The molecule has 1 atom stereocenters. The number of likely N-dealkylation sites (N-methyl/N-ethyl adjacent to an activating group) is 1. The molecule has 3 aromatic rings. The molecule has 4 rings (SSSR count). The number of rotatable bonds is 7. The van der Waals surface area contributed by atoms with Gasteiger partial charge in [-0.25, -0.2) is 4.68 Å². The zero-order valence-electron chi connectivity index (χ0n) is 16.8. The molecule has 0 saturated carbocycles. The fourth-order valence-electron chi connectivity index (χ4n) is 3.45. The van der Waals surface area contributed by atoms with E-state index in [2.05, 4.69) is 10.4 Å². The number of aromatic nitrogens is 2. The summed E-state index contributed by atoms with van der Waals surface area (Å²) < 4.78 is 12.2. The van der Waals surface area contributed by atoms with Gasteiger partial charge >= 0.3 is 0 Å². The molecule has 2 amide bonds. The first-order valence-corrected chi connectivity index (χ1v) is 10.0. The summed E-state index contributed by atoms with van der Waals surface area (Å²) in [5.41, 5.74) is 2.42. The van der Waals surface area contributed by atoms with Crippen molar-refractivity contribution >= 4 is 17.5 Å². The van der Waals surface area contributed by atoms with Gasteiger partial charge in [-0.3, -0.25) is 9.59 Å². The van der Waals surface area contributed by atoms with Gasteiger partial charge in [-0.1, -0.05) is 0 Å². The molecule has 8 heteroatoms. The predicted octanol–water partition coefficient (Wildman–Crippen LogP) is 3.36. The summed E-state index contributed by atoms with van der Waals surface area (Å²) in [7, 11) is 0. The van der Waals surface area contributed by atoms with E-state index in [0.717, 1.165) is 25.1 Å². The lowest BCUT2D eigenvalue weighted by Crippen LogP contribution is -2.37. The molecule has 3 heterocycles. The molecule has 0 bridgehead atoms. The Bertz CT molecular complexity index is 989. The Morgan fingerprint density at radius 3 is 2.73 bits per heavy atom. The number of ether oxygens (including phenoxy) is 1. The van der Waals surface area contributed by atoms with Crippen LogP contribution in [0.4, 0.5) is 5.69 Å². The molecule has 0 unspecified atom stereocenters. The number of benzene rings is 1. The van der Waals surface area contributed by atoms with Crippen LogP contribution >= 0.6 is 0 Å². The molecule has 0 spiro atoms. The lowest BCUT2D eigenvalue weighted by atomic mass is 10.1. The minimum atomic E-state index is -0.268. The van der Waals surface area contributed by atoms with Crippen LogP contribution in [0.3, 0.4) is 0 Å². The molecule has 0 radical (unpaired) electrons. The van der Waals surface area contributed by atoms with E-state index >= 15 is 0 Å². The van der Waals surface area contributed by atoms with Crippen molar-refractivity contribution < 1.29 is 18.7 Å². The van der Waals surface area contributed by atoms with Gasteiger partial charge in [0.05, 0.1) is 41.7 Å². The van der Waals surface area contributed by atoms with Gasteiger partial charge < -0.3 is 19.4 Å². The molecule has 1 aliphatic heterocycles. The molecular weight excluding hydrogens is 384 g/mol. The Morgan fingerprint density at radius 2 is 2.07 bits per heavy atom. The Morgan fingerprint density at radius 1 is 1.23 bits per heavy atom.